The summed E-state index contributed by atoms with van der Waals surface area (Å²) in [6.45, 7) is 2.89. The minimum Gasteiger partial charge on any atom is -0.353 e. The van der Waals surface area contributed by atoms with Crippen LogP contribution in [0, 0.1) is 0 Å². The topological polar surface area (TPSA) is 40.9 Å². The molecule has 0 N–H and O–H groups in total. The van der Waals surface area contributed by atoms with E-state index in [9.17, 15) is 4.79 Å². The van der Waals surface area contributed by atoms with Gasteiger partial charge in [-0.05, 0) is 55.0 Å². The largest absolute Gasteiger partial charge is 0.353 e. The van der Waals surface area contributed by atoms with Crippen LogP contribution in [0.2, 0.25) is 10.0 Å². The standard InChI is InChI=1S/C23H20Cl2N4O/c24-17-5-1-4-16(14-17)23(30)28-10-3-9-27(12-13-28)22-21-6-2-11-29(21)20-8-7-18(25)15-19(20)26-22/h1-2,4-8,11,14-15H,3,9-10,12-13H2. The number of carbonyl (C=O) groups excluding carboxylic acids is 1. The van der Waals surface area contributed by atoms with Crippen LogP contribution in [0.4, 0.5) is 5.82 Å². The van der Waals surface area contributed by atoms with Gasteiger partial charge in [-0.1, -0.05) is 29.3 Å². The molecule has 0 saturated carbocycles. The number of carbonyl (C=O) groups is 1. The van der Waals surface area contributed by atoms with Crippen molar-refractivity contribution in [2.75, 3.05) is 31.1 Å². The summed E-state index contributed by atoms with van der Waals surface area (Å²) in [7, 11) is 0. The highest BCUT2D eigenvalue weighted by Gasteiger charge is 2.23. The Bertz CT molecular complexity index is 1250. The van der Waals surface area contributed by atoms with Crippen LogP contribution in [0.25, 0.3) is 16.6 Å². The second kappa shape index (κ2) is 7.82. The Morgan fingerprint density at radius 1 is 0.867 bits per heavy atom. The Balaban J connectivity index is 1.45. The van der Waals surface area contributed by atoms with E-state index in [2.05, 4.69) is 15.4 Å². The maximum absolute atomic E-state index is 12.9. The highest BCUT2D eigenvalue weighted by atomic mass is 35.5. The molecule has 0 spiro atoms. The molecule has 1 aliphatic rings. The molecule has 0 bridgehead atoms. The SMILES string of the molecule is O=C(c1cccc(Cl)c1)N1CCCN(c2nc3cc(Cl)ccc3n3cccc23)CC1. The molecule has 5 rings (SSSR count). The van der Waals surface area contributed by atoms with Crippen molar-refractivity contribution in [3.05, 3.63) is 76.4 Å². The van der Waals surface area contributed by atoms with Crippen LogP contribution >= 0.6 is 23.2 Å². The summed E-state index contributed by atoms with van der Waals surface area (Å²) in [6.07, 6.45) is 2.91. The molecule has 2 aromatic carbocycles. The molecule has 7 heteroatoms. The number of nitrogens with zero attached hydrogens (tertiary/aromatic N) is 4. The van der Waals surface area contributed by atoms with Gasteiger partial charge in [0.15, 0.2) is 5.82 Å². The summed E-state index contributed by atoms with van der Waals surface area (Å²) in [5.74, 6) is 0.942. The van der Waals surface area contributed by atoms with Crippen molar-refractivity contribution < 1.29 is 4.79 Å². The lowest BCUT2D eigenvalue weighted by Crippen LogP contribution is -2.35. The van der Waals surface area contributed by atoms with Crippen LogP contribution < -0.4 is 4.90 Å². The van der Waals surface area contributed by atoms with Gasteiger partial charge in [-0.15, -0.1) is 0 Å². The van der Waals surface area contributed by atoms with Crippen molar-refractivity contribution in [3.63, 3.8) is 0 Å². The molecular weight excluding hydrogens is 419 g/mol. The van der Waals surface area contributed by atoms with Crippen LogP contribution in [0.15, 0.2) is 60.8 Å². The lowest BCUT2D eigenvalue weighted by atomic mass is 10.2. The number of hydrogen-bond donors (Lipinski definition) is 0. The van der Waals surface area contributed by atoms with Crippen molar-refractivity contribution in [2.45, 2.75) is 6.42 Å². The van der Waals surface area contributed by atoms with Crippen LogP contribution in [0.3, 0.4) is 0 Å². The van der Waals surface area contributed by atoms with Crippen molar-refractivity contribution in [1.29, 1.82) is 0 Å². The first-order valence-electron chi connectivity index (χ1n) is 9.96. The number of benzene rings is 2. The Morgan fingerprint density at radius 2 is 1.73 bits per heavy atom. The van der Waals surface area contributed by atoms with Gasteiger partial charge in [-0.3, -0.25) is 4.79 Å². The van der Waals surface area contributed by atoms with E-state index in [4.69, 9.17) is 28.2 Å². The maximum Gasteiger partial charge on any atom is 0.253 e. The van der Waals surface area contributed by atoms with E-state index >= 15 is 0 Å². The highest BCUT2D eigenvalue weighted by molar-refractivity contribution is 6.31. The normalized spacial score (nSPS) is 15.0. The molecule has 30 heavy (non-hydrogen) atoms. The first-order chi connectivity index (χ1) is 14.6. The monoisotopic (exact) mass is 438 g/mol. The third-order valence-corrected chi connectivity index (χ3v) is 6.03. The number of amides is 1. The third-order valence-electron chi connectivity index (χ3n) is 5.56. The van der Waals surface area contributed by atoms with Gasteiger partial charge in [0.25, 0.3) is 5.91 Å². The Hall–Kier alpha value is -2.76. The van der Waals surface area contributed by atoms with E-state index < -0.39 is 0 Å². The summed E-state index contributed by atoms with van der Waals surface area (Å²) in [5, 5.41) is 1.24. The molecule has 1 fully saturated rings. The van der Waals surface area contributed by atoms with Crippen molar-refractivity contribution >= 4 is 51.5 Å². The number of fused-ring (bicyclic) bond motifs is 3. The fourth-order valence-corrected chi connectivity index (χ4v) is 4.46. The molecule has 5 nitrogen and oxygen atoms in total. The van der Waals surface area contributed by atoms with Gasteiger partial charge in [-0.25, -0.2) is 4.98 Å². The molecule has 3 heterocycles. The van der Waals surface area contributed by atoms with Crippen LogP contribution in [-0.2, 0) is 0 Å². The predicted molar refractivity (Wildman–Crippen MR) is 122 cm³/mol. The minimum atomic E-state index is 0.0189. The number of anilines is 1. The summed E-state index contributed by atoms with van der Waals surface area (Å²) >= 11 is 12.3. The zero-order valence-electron chi connectivity index (χ0n) is 16.3. The van der Waals surface area contributed by atoms with Gasteiger partial charge in [0, 0.05) is 48.0 Å². The Morgan fingerprint density at radius 3 is 2.60 bits per heavy atom. The van der Waals surface area contributed by atoms with Crippen LogP contribution in [-0.4, -0.2) is 46.4 Å². The van der Waals surface area contributed by atoms with Crippen LogP contribution in [0.5, 0.6) is 0 Å². The van der Waals surface area contributed by atoms with E-state index in [1.807, 2.05) is 47.5 Å². The second-order valence-electron chi connectivity index (χ2n) is 7.48. The number of hydrogen-bond acceptors (Lipinski definition) is 3. The van der Waals surface area contributed by atoms with E-state index in [0.717, 1.165) is 35.3 Å². The van der Waals surface area contributed by atoms with E-state index in [1.165, 1.54) is 0 Å². The smallest absolute Gasteiger partial charge is 0.253 e. The zero-order chi connectivity index (χ0) is 20.7. The number of aromatic nitrogens is 2. The highest BCUT2D eigenvalue weighted by Crippen LogP contribution is 2.28. The van der Waals surface area contributed by atoms with E-state index in [-0.39, 0.29) is 5.91 Å². The second-order valence-corrected chi connectivity index (χ2v) is 8.35. The molecular formula is C23H20Cl2N4O. The molecule has 1 saturated heterocycles. The third kappa shape index (κ3) is 3.48. The quantitative estimate of drug-likeness (QED) is 0.434. The first-order valence-corrected chi connectivity index (χ1v) is 10.7. The first kappa shape index (κ1) is 19.2. The number of rotatable bonds is 2. The van der Waals surface area contributed by atoms with Crippen molar-refractivity contribution in [3.8, 4) is 0 Å². The van der Waals surface area contributed by atoms with Crippen LogP contribution in [0.1, 0.15) is 16.8 Å². The summed E-state index contributed by atoms with van der Waals surface area (Å²) < 4.78 is 2.15. The Labute approximate surface area is 184 Å². The summed E-state index contributed by atoms with van der Waals surface area (Å²) in [4.78, 5) is 22.1. The molecule has 0 aliphatic carbocycles. The molecule has 0 atom stereocenters. The predicted octanol–water partition coefficient (Wildman–Crippen LogP) is 5.15. The average Bonchev–Trinajstić information content (AvgIpc) is 3.10. The molecule has 0 unspecified atom stereocenters. The van der Waals surface area contributed by atoms with E-state index in [0.29, 0.717) is 35.2 Å². The fraction of sp³-hybridized carbons (Fsp3) is 0.217. The van der Waals surface area contributed by atoms with Crippen molar-refractivity contribution in [1.82, 2.24) is 14.3 Å². The van der Waals surface area contributed by atoms with Gasteiger partial charge < -0.3 is 14.2 Å². The number of halogens is 2. The lowest BCUT2D eigenvalue weighted by molar-refractivity contribution is 0.0767. The fourth-order valence-electron chi connectivity index (χ4n) is 4.10. The lowest BCUT2D eigenvalue weighted by Gasteiger charge is -2.24. The molecule has 1 amide bonds. The molecule has 4 aromatic rings. The molecule has 1 aliphatic heterocycles. The average molecular weight is 439 g/mol. The maximum atomic E-state index is 12.9. The van der Waals surface area contributed by atoms with Gasteiger partial charge in [0.1, 0.15) is 0 Å². The zero-order valence-corrected chi connectivity index (χ0v) is 17.8. The van der Waals surface area contributed by atoms with Gasteiger partial charge in [0.05, 0.1) is 16.6 Å². The molecule has 0 radical (unpaired) electrons. The minimum absolute atomic E-state index is 0.0189. The van der Waals surface area contributed by atoms with Gasteiger partial charge in [-0.2, -0.15) is 0 Å². The Kier molecular flexibility index (Phi) is 5.01. The molecule has 2 aromatic heterocycles. The van der Waals surface area contributed by atoms with Gasteiger partial charge >= 0.3 is 0 Å². The summed E-state index contributed by atoms with van der Waals surface area (Å²) in [5.41, 5.74) is 3.57. The molecule has 152 valence electrons. The van der Waals surface area contributed by atoms with Crippen molar-refractivity contribution in [2.24, 2.45) is 0 Å². The van der Waals surface area contributed by atoms with E-state index in [1.54, 1.807) is 12.1 Å². The van der Waals surface area contributed by atoms with Gasteiger partial charge in [0.2, 0.25) is 0 Å². The summed E-state index contributed by atoms with van der Waals surface area (Å²) in [6, 6.07) is 17.0.